The SMILES string of the molecule is C=NC1=C(SCNC=O)CN(c2cc(OC)nc(OC)n2)CC1. The number of thioether (sulfide) groups is 1. The molecule has 0 atom stereocenters. The summed E-state index contributed by atoms with van der Waals surface area (Å²) in [5.74, 6) is 1.65. The first-order chi connectivity index (χ1) is 11.2. The number of hydrogen-bond acceptors (Lipinski definition) is 8. The Morgan fingerprint density at radius 2 is 2.30 bits per heavy atom. The highest BCUT2D eigenvalue weighted by atomic mass is 32.2. The number of aromatic nitrogens is 2. The van der Waals surface area contributed by atoms with Gasteiger partial charge in [0.15, 0.2) is 0 Å². The predicted molar refractivity (Wildman–Crippen MR) is 90.2 cm³/mol. The van der Waals surface area contributed by atoms with Crippen LogP contribution in [0.1, 0.15) is 6.42 Å². The highest BCUT2D eigenvalue weighted by Gasteiger charge is 2.21. The van der Waals surface area contributed by atoms with Crippen LogP contribution in [0.5, 0.6) is 11.9 Å². The van der Waals surface area contributed by atoms with Crippen molar-refractivity contribution in [3.8, 4) is 11.9 Å². The number of aliphatic imine (C=N–C) groups is 1. The van der Waals surface area contributed by atoms with Crippen LogP contribution in [0.4, 0.5) is 5.82 Å². The minimum absolute atomic E-state index is 0.257. The molecule has 0 spiro atoms. The van der Waals surface area contributed by atoms with Gasteiger partial charge in [-0.3, -0.25) is 9.79 Å². The highest BCUT2D eigenvalue weighted by molar-refractivity contribution is 8.03. The zero-order valence-electron chi connectivity index (χ0n) is 13.1. The van der Waals surface area contributed by atoms with Crippen molar-refractivity contribution < 1.29 is 14.3 Å². The van der Waals surface area contributed by atoms with Gasteiger partial charge in [0.2, 0.25) is 12.3 Å². The zero-order valence-corrected chi connectivity index (χ0v) is 13.9. The Labute approximate surface area is 139 Å². The molecular weight excluding hydrogens is 318 g/mol. The molecule has 1 N–H and O–H groups in total. The number of carbonyl (C=O) groups excluding carboxylic acids is 1. The number of hydrogen-bond donors (Lipinski definition) is 1. The van der Waals surface area contributed by atoms with Crippen LogP contribution in [0, 0.1) is 0 Å². The van der Waals surface area contributed by atoms with E-state index in [-0.39, 0.29) is 6.01 Å². The fourth-order valence-corrected chi connectivity index (χ4v) is 3.03. The molecule has 0 saturated carbocycles. The molecule has 0 aromatic carbocycles. The Kier molecular flexibility index (Phi) is 6.21. The van der Waals surface area contributed by atoms with Crippen LogP contribution in [0.15, 0.2) is 21.7 Å². The molecule has 0 radical (unpaired) electrons. The Hall–Kier alpha value is -2.29. The monoisotopic (exact) mass is 337 g/mol. The molecule has 2 rings (SSSR count). The van der Waals surface area contributed by atoms with Gasteiger partial charge in [0.25, 0.3) is 0 Å². The molecular formula is C14H19N5O3S. The summed E-state index contributed by atoms with van der Waals surface area (Å²) in [6.45, 7) is 5.00. The minimum atomic E-state index is 0.257. The van der Waals surface area contributed by atoms with Crippen molar-refractivity contribution in [1.82, 2.24) is 15.3 Å². The number of anilines is 1. The lowest BCUT2D eigenvalue weighted by Gasteiger charge is -2.30. The molecule has 0 saturated heterocycles. The van der Waals surface area contributed by atoms with Crippen molar-refractivity contribution in [1.29, 1.82) is 0 Å². The van der Waals surface area contributed by atoms with Crippen molar-refractivity contribution >= 4 is 30.7 Å². The van der Waals surface area contributed by atoms with Crippen LogP contribution in [-0.4, -0.2) is 56.3 Å². The fraction of sp³-hybridized carbons (Fsp3) is 0.429. The predicted octanol–water partition coefficient (Wildman–Crippen LogP) is 1.05. The van der Waals surface area contributed by atoms with Crippen molar-refractivity contribution in [2.24, 2.45) is 4.99 Å². The van der Waals surface area contributed by atoms with Crippen LogP contribution in [0.25, 0.3) is 0 Å². The van der Waals surface area contributed by atoms with E-state index in [9.17, 15) is 4.79 Å². The maximum atomic E-state index is 10.4. The van der Waals surface area contributed by atoms with Crippen molar-refractivity contribution in [3.63, 3.8) is 0 Å². The van der Waals surface area contributed by atoms with Gasteiger partial charge in [-0.15, -0.1) is 11.8 Å². The second-order valence-electron chi connectivity index (χ2n) is 4.57. The van der Waals surface area contributed by atoms with Crippen LogP contribution in [0.2, 0.25) is 0 Å². The number of amides is 1. The lowest BCUT2D eigenvalue weighted by Crippen LogP contribution is -2.32. The maximum absolute atomic E-state index is 10.4. The summed E-state index contributed by atoms with van der Waals surface area (Å²) in [6.07, 6.45) is 1.43. The Balaban J connectivity index is 2.20. The number of methoxy groups -OCH3 is 2. The van der Waals surface area contributed by atoms with Crippen LogP contribution >= 0.6 is 11.8 Å². The van der Waals surface area contributed by atoms with Gasteiger partial charge in [-0.25, -0.2) is 0 Å². The lowest BCUT2D eigenvalue weighted by atomic mass is 10.2. The number of carbonyl (C=O) groups is 1. The molecule has 1 amide bonds. The van der Waals surface area contributed by atoms with Gasteiger partial charge in [-0.05, 0) is 6.72 Å². The molecule has 8 nitrogen and oxygen atoms in total. The van der Waals surface area contributed by atoms with E-state index in [0.29, 0.717) is 24.7 Å². The molecule has 23 heavy (non-hydrogen) atoms. The van der Waals surface area contributed by atoms with Gasteiger partial charge in [0.05, 0.1) is 32.3 Å². The number of nitrogens with one attached hydrogen (secondary N) is 1. The molecule has 9 heteroatoms. The van der Waals surface area contributed by atoms with Crippen LogP contribution in [-0.2, 0) is 4.79 Å². The van der Waals surface area contributed by atoms with Gasteiger partial charge in [-0.2, -0.15) is 9.97 Å². The normalized spacial score (nSPS) is 14.4. The molecule has 1 aliphatic rings. The Morgan fingerprint density at radius 1 is 1.48 bits per heavy atom. The molecule has 1 aromatic rings. The lowest BCUT2D eigenvalue weighted by molar-refractivity contribution is -0.109. The van der Waals surface area contributed by atoms with Crippen molar-refractivity contribution in [2.75, 3.05) is 38.1 Å². The van der Waals surface area contributed by atoms with Gasteiger partial charge in [0.1, 0.15) is 5.82 Å². The molecule has 0 unspecified atom stereocenters. The summed E-state index contributed by atoms with van der Waals surface area (Å²) in [5, 5.41) is 2.63. The van der Waals surface area contributed by atoms with E-state index in [2.05, 4.69) is 31.9 Å². The zero-order chi connectivity index (χ0) is 16.7. The third-order valence-corrected chi connectivity index (χ3v) is 4.29. The molecule has 124 valence electrons. The van der Waals surface area contributed by atoms with E-state index < -0.39 is 0 Å². The minimum Gasteiger partial charge on any atom is -0.481 e. The smallest absolute Gasteiger partial charge is 0.321 e. The second kappa shape index (κ2) is 8.37. The molecule has 0 bridgehead atoms. The largest absolute Gasteiger partial charge is 0.481 e. The van der Waals surface area contributed by atoms with E-state index in [1.165, 1.54) is 18.9 Å². The fourth-order valence-electron chi connectivity index (χ4n) is 2.13. The first kappa shape index (κ1) is 17.1. The quantitative estimate of drug-likeness (QED) is 0.328. The molecule has 0 fully saturated rings. The topological polar surface area (TPSA) is 88.9 Å². The highest BCUT2D eigenvalue weighted by Crippen LogP contribution is 2.31. The van der Waals surface area contributed by atoms with Gasteiger partial charge in [0, 0.05) is 23.9 Å². The first-order valence-corrected chi connectivity index (χ1v) is 7.91. The van der Waals surface area contributed by atoms with E-state index in [4.69, 9.17) is 9.47 Å². The Morgan fingerprint density at radius 3 is 2.96 bits per heavy atom. The third-order valence-electron chi connectivity index (χ3n) is 3.26. The van der Waals surface area contributed by atoms with E-state index >= 15 is 0 Å². The maximum Gasteiger partial charge on any atom is 0.321 e. The Bertz CT molecular complexity index is 586. The summed E-state index contributed by atoms with van der Waals surface area (Å²) in [4.78, 5) is 26.1. The molecule has 0 aliphatic carbocycles. The van der Waals surface area contributed by atoms with Gasteiger partial charge in [-0.1, -0.05) is 0 Å². The molecule has 1 aliphatic heterocycles. The van der Waals surface area contributed by atoms with E-state index in [1.54, 1.807) is 13.2 Å². The number of ether oxygens (including phenoxy) is 2. The molecule has 2 heterocycles. The van der Waals surface area contributed by atoms with E-state index in [1.807, 2.05) is 0 Å². The van der Waals surface area contributed by atoms with Crippen LogP contribution in [0.3, 0.4) is 0 Å². The van der Waals surface area contributed by atoms with E-state index in [0.717, 1.165) is 29.4 Å². The second-order valence-corrected chi connectivity index (χ2v) is 5.64. The van der Waals surface area contributed by atoms with Crippen molar-refractivity contribution in [2.45, 2.75) is 6.42 Å². The van der Waals surface area contributed by atoms with Gasteiger partial charge < -0.3 is 19.7 Å². The molecule has 1 aromatic heterocycles. The van der Waals surface area contributed by atoms with Gasteiger partial charge >= 0.3 is 6.01 Å². The summed E-state index contributed by atoms with van der Waals surface area (Å²) in [5.41, 5.74) is 0.951. The summed E-state index contributed by atoms with van der Waals surface area (Å²) < 4.78 is 10.3. The first-order valence-electron chi connectivity index (χ1n) is 6.92. The standard InChI is InChI=1S/C14H19N5O3S/c1-15-10-4-5-19(7-11(10)23-9-16-8-20)12-6-13(21-2)18-14(17-12)22-3/h6,8H,1,4-5,7,9H2,2-3H3,(H,16,20). The summed E-state index contributed by atoms with van der Waals surface area (Å²) in [6, 6.07) is 2.02. The van der Waals surface area contributed by atoms with Crippen molar-refractivity contribution in [3.05, 3.63) is 16.7 Å². The summed E-state index contributed by atoms with van der Waals surface area (Å²) in [7, 11) is 3.06. The van der Waals surface area contributed by atoms with Crippen LogP contribution < -0.4 is 19.7 Å². The summed E-state index contributed by atoms with van der Waals surface area (Å²) >= 11 is 1.53. The number of rotatable bonds is 8. The number of nitrogens with zero attached hydrogens (tertiary/aromatic N) is 4. The third kappa shape index (κ3) is 4.35. The average molecular weight is 337 g/mol. The average Bonchev–Trinajstić information content (AvgIpc) is 2.61.